The predicted molar refractivity (Wildman–Crippen MR) is 72.5 cm³/mol. The lowest BCUT2D eigenvalue weighted by atomic mass is 10.1. The molecule has 96 valence electrons. The van der Waals surface area contributed by atoms with Crippen LogP contribution >= 0.6 is 0 Å². The third kappa shape index (κ3) is 4.84. The van der Waals surface area contributed by atoms with E-state index in [2.05, 4.69) is 36.7 Å². The molecule has 0 saturated carbocycles. The van der Waals surface area contributed by atoms with Crippen LogP contribution in [-0.4, -0.2) is 23.0 Å². The lowest BCUT2D eigenvalue weighted by Gasteiger charge is -2.23. The van der Waals surface area contributed by atoms with Crippen molar-refractivity contribution in [2.24, 2.45) is 11.7 Å². The van der Waals surface area contributed by atoms with E-state index < -0.39 is 0 Å². The van der Waals surface area contributed by atoms with Gasteiger partial charge in [0.1, 0.15) is 0 Å². The van der Waals surface area contributed by atoms with Crippen LogP contribution in [0.5, 0.6) is 0 Å². The fourth-order valence-electron chi connectivity index (χ4n) is 1.84. The summed E-state index contributed by atoms with van der Waals surface area (Å²) in [5.74, 6) is 0.743. The van der Waals surface area contributed by atoms with Gasteiger partial charge in [-0.25, -0.2) is 0 Å². The summed E-state index contributed by atoms with van der Waals surface area (Å²) in [6.07, 6.45) is 1.23. The van der Waals surface area contributed by atoms with E-state index in [0.29, 0.717) is 6.54 Å². The second-order valence-electron chi connectivity index (χ2n) is 4.67. The normalized spacial score (nSPS) is 13.0. The average molecular weight is 235 g/mol. The summed E-state index contributed by atoms with van der Waals surface area (Å²) in [6, 6.07) is 6.11. The van der Waals surface area contributed by atoms with Crippen molar-refractivity contribution in [2.75, 3.05) is 13.1 Å². The number of hydrogen-bond donors (Lipinski definition) is 1. The minimum Gasteiger partial charge on any atom is -0.325 e. The van der Waals surface area contributed by atoms with E-state index in [-0.39, 0.29) is 0 Å². The molecule has 1 rings (SSSR count). The Hall–Kier alpha value is -0.930. The van der Waals surface area contributed by atoms with E-state index in [1.54, 1.807) is 0 Å². The highest BCUT2D eigenvalue weighted by Crippen LogP contribution is 2.08. The summed E-state index contributed by atoms with van der Waals surface area (Å²) in [4.78, 5) is 6.99. The molecule has 0 aliphatic rings. The van der Waals surface area contributed by atoms with Crippen LogP contribution in [-0.2, 0) is 13.1 Å². The van der Waals surface area contributed by atoms with E-state index in [1.807, 2.05) is 12.1 Å². The first-order valence-corrected chi connectivity index (χ1v) is 6.56. The Kier molecular flexibility index (Phi) is 6.16. The van der Waals surface area contributed by atoms with Gasteiger partial charge >= 0.3 is 0 Å². The Morgan fingerprint density at radius 3 is 2.59 bits per heavy atom. The molecule has 3 nitrogen and oxygen atoms in total. The summed E-state index contributed by atoms with van der Waals surface area (Å²) in [6.45, 7) is 10.4. The largest absolute Gasteiger partial charge is 0.325 e. The topological polar surface area (TPSA) is 42.1 Å². The molecule has 0 aliphatic carbocycles. The summed E-state index contributed by atoms with van der Waals surface area (Å²) in [7, 11) is 0. The van der Waals surface area contributed by atoms with Crippen molar-refractivity contribution in [3.05, 3.63) is 29.6 Å². The fraction of sp³-hybridized carbons (Fsp3) is 0.643. The molecule has 1 heterocycles. The van der Waals surface area contributed by atoms with Crippen LogP contribution in [0, 0.1) is 5.92 Å². The maximum atomic E-state index is 5.61. The Balaban J connectivity index is 2.60. The molecule has 1 atom stereocenters. The fourth-order valence-corrected chi connectivity index (χ4v) is 1.84. The van der Waals surface area contributed by atoms with Gasteiger partial charge in [0, 0.05) is 19.6 Å². The summed E-state index contributed by atoms with van der Waals surface area (Å²) >= 11 is 0. The van der Waals surface area contributed by atoms with Gasteiger partial charge in [-0.05, 0) is 24.6 Å². The molecule has 0 bridgehead atoms. The molecule has 0 saturated heterocycles. The van der Waals surface area contributed by atoms with Crippen molar-refractivity contribution in [1.82, 2.24) is 9.88 Å². The SMILES string of the molecule is CCC(C)CN(CC)Cc1cccc(CN)n1. The van der Waals surface area contributed by atoms with E-state index in [4.69, 9.17) is 5.73 Å². The van der Waals surface area contributed by atoms with Crippen LogP contribution in [0.2, 0.25) is 0 Å². The first-order valence-electron chi connectivity index (χ1n) is 6.56. The van der Waals surface area contributed by atoms with Crippen LogP contribution in [0.3, 0.4) is 0 Å². The van der Waals surface area contributed by atoms with Crippen molar-refractivity contribution in [3.63, 3.8) is 0 Å². The molecule has 1 aromatic rings. The quantitative estimate of drug-likeness (QED) is 0.789. The highest BCUT2D eigenvalue weighted by molar-refractivity contribution is 5.10. The maximum absolute atomic E-state index is 5.61. The second kappa shape index (κ2) is 7.41. The number of nitrogens with zero attached hydrogens (tertiary/aromatic N) is 2. The van der Waals surface area contributed by atoms with Gasteiger partial charge in [0.2, 0.25) is 0 Å². The zero-order chi connectivity index (χ0) is 12.7. The van der Waals surface area contributed by atoms with Crippen LogP contribution in [0.4, 0.5) is 0 Å². The third-order valence-corrected chi connectivity index (χ3v) is 3.17. The van der Waals surface area contributed by atoms with Gasteiger partial charge in [0.15, 0.2) is 0 Å². The van der Waals surface area contributed by atoms with Crippen molar-refractivity contribution >= 4 is 0 Å². The van der Waals surface area contributed by atoms with E-state index in [9.17, 15) is 0 Å². The van der Waals surface area contributed by atoms with Gasteiger partial charge in [-0.3, -0.25) is 9.88 Å². The monoisotopic (exact) mass is 235 g/mol. The van der Waals surface area contributed by atoms with Gasteiger partial charge in [-0.2, -0.15) is 0 Å². The van der Waals surface area contributed by atoms with Crippen molar-refractivity contribution in [1.29, 1.82) is 0 Å². The number of rotatable bonds is 7. The Morgan fingerprint density at radius 1 is 1.29 bits per heavy atom. The van der Waals surface area contributed by atoms with E-state index in [0.717, 1.165) is 36.9 Å². The van der Waals surface area contributed by atoms with Gasteiger partial charge in [-0.1, -0.05) is 33.3 Å². The summed E-state index contributed by atoms with van der Waals surface area (Å²) < 4.78 is 0. The highest BCUT2D eigenvalue weighted by Gasteiger charge is 2.08. The second-order valence-corrected chi connectivity index (χ2v) is 4.67. The Bertz CT molecular complexity index is 325. The van der Waals surface area contributed by atoms with Crippen LogP contribution in [0.15, 0.2) is 18.2 Å². The first-order chi connectivity index (χ1) is 8.19. The van der Waals surface area contributed by atoms with E-state index in [1.165, 1.54) is 6.42 Å². The molecule has 2 N–H and O–H groups in total. The summed E-state index contributed by atoms with van der Waals surface area (Å²) in [5, 5.41) is 0. The smallest absolute Gasteiger partial charge is 0.0547 e. The summed E-state index contributed by atoms with van der Waals surface area (Å²) in [5.41, 5.74) is 7.71. The average Bonchev–Trinajstić information content (AvgIpc) is 2.37. The molecular weight excluding hydrogens is 210 g/mol. The Labute approximate surface area is 105 Å². The lowest BCUT2D eigenvalue weighted by molar-refractivity contribution is 0.235. The number of pyridine rings is 1. The van der Waals surface area contributed by atoms with Crippen molar-refractivity contribution in [3.8, 4) is 0 Å². The Morgan fingerprint density at radius 2 is 2.00 bits per heavy atom. The van der Waals surface area contributed by atoms with Gasteiger partial charge in [0.05, 0.1) is 11.4 Å². The van der Waals surface area contributed by atoms with Gasteiger partial charge in [-0.15, -0.1) is 0 Å². The molecule has 3 heteroatoms. The molecular formula is C14H25N3. The predicted octanol–water partition coefficient (Wildman–Crippen LogP) is 2.41. The molecule has 0 aromatic carbocycles. The molecule has 0 radical (unpaired) electrons. The number of hydrogen-bond acceptors (Lipinski definition) is 3. The molecule has 17 heavy (non-hydrogen) atoms. The minimum atomic E-state index is 0.519. The first kappa shape index (κ1) is 14.1. The highest BCUT2D eigenvalue weighted by atomic mass is 15.1. The van der Waals surface area contributed by atoms with Crippen LogP contribution in [0.1, 0.15) is 38.6 Å². The molecule has 0 spiro atoms. The minimum absolute atomic E-state index is 0.519. The molecule has 0 aliphatic heterocycles. The van der Waals surface area contributed by atoms with Crippen LogP contribution in [0.25, 0.3) is 0 Å². The zero-order valence-corrected chi connectivity index (χ0v) is 11.3. The van der Waals surface area contributed by atoms with Gasteiger partial charge in [0.25, 0.3) is 0 Å². The maximum Gasteiger partial charge on any atom is 0.0547 e. The molecule has 0 fully saturated rings. The van der Waals surface area contributed by atoms with Crippen LogP contribution < -0.4 is 5.73 Å². The molecule has 0 amide bonds. The molecule has 1 unspecified atom stereocenters. The zero-order valence-electron chi connectivity index (χ0n) is 11.3. The third-order valence-electron chi connectivity index (χ3n) is 3.17. The van der Waals surface area contributed by atoms with Gasteiger partial charge < -0.3 is 5.73 Å². The molecule has 1 aromatic heterocycles. The number of nitrogens with two attached hydrogens (primary N) is 1. The standard InChI is InChI=1S/C14H25N3/c1-4-12(3)10-17(5-2)11-14-8-6-7-13(9-15)16-14/h6-8,12H,4-5,9-11,15H2,1-3H3. The number of aromatic nitrogens is 1. The van der Waals surface area contributed by atoms with Crippen molar-refractivity contribution < 1.29 is 0 Å². The lowest BCUT2D eigenvalue weighted by Crippen LogP contribution is -2.28. The van der Waals surface area contributed by atoms with Crippen molar-refractivity contribution in [2.45, 2.75) is 40.3 Å². The van der Waals surface area contributed by atoms with E-state index >= 15 is 0 Å².